The van der Waals surface area contributed by atoms with Gasteiger partial charge in [-0.25, -0.2) is 9.59 Å². The number of ether oxygens (including phenoxy) is 2. The Morgan fingerprint density at radius 2 is 1.62 bits per heavy atom. The van der Waals surface area contributed by atoms with E-state index in [-0.39, 0.29) is 19.6 Å². The van der Waals surface area contributed by atoms with Crippen molar-refractivity contribution in [2.45, 2.75) is 26.3 Å². The van der Waals surface area contributed by atoms with Gasteiger partial charge in [0.2, 0.25) is 11.9 Å². The molecule has 114 valence electrons. The Bertz CT molecular complexity index is 471. The summed E-state index contributed by atoms with van der Waals surface area (Å²) in [5.41, 5.74) is 0.717. The molecule has 0 saturated heterocycles. The van der Waals surface area contributed by atoms with Gasteiger partial charge in [0.15, 0.2) is 0 Å². The lowest BCUT2D eigenvalue weighted by Crippen LogP contribution is -2.48. The van der Waals surface area contributed by atoms with Crippen molar-refractivity contribution in [1.82, 2.24) is 10.3 Å². The molecular formula is C14H18N2O5. The Labute approximate surface area is 122 Å². The molecule has 0 unspecified atom stereocenters. The Hall–Kier alpha value is -2.44. The van der Waals surface area contributed by atoms with Crippen molar-refractivity contribution in [2.24, 2.45) is 0 Å². The maximum atomic E-state index is 11.9. The first-order valence-electron chi connectivity index (χ1n) is 6.60. The average molecular weight is 294 g/mol. The minimum Gasteiger partial charge on any atom is -0.464 e. The number of carbonyl (C=O) groups is 3. The summed E-state index contributed by atoms with van der Waals surface area (Å²) in [5.74, 6) is -2.15. The first-order valence-corrected chi connectivity index (χ1v) is 6.60. The molecule has 0 aliphatic rings. The molecule has 0 atom stereocenters. The van der Waals surface area contributed by atoms with Crippen LogP contribution in [0.2, 0.25) is 0 Å². The van der Waals surface area contributed by atoms with Crippen LogP contribution < -0.4 is 5.32 Å². The monoisotopic (exact) mass is 294 g/mol. The van der Waals surface area contributed by atoms with Crippen LogP contribution in [0.15, 0.2) is 24.5 Å². The molecule has 1 aromatic rings. The molecule has 1 aromatic heterocycles. The highest BCUT2D eigenvalue weighted by Crippen LogP contribution is 2.00. The summed E-state index contributed by atoms with van der Waals surface area (Å²) in [7, 11) is 0. The smallest absolute Gasteiger partial charge is 0.340 e. The zero-order chi connectivity index (χ0) is 15.7. The molecular weight excluding hydrogens is 276 g/mol. The highest BCUT2D eigenvalue weighted by Gasteiger charge is 2.31. The quantitative estimate of drug-likeness (QED) is 0.571. The number of hydrogen-bond acceptors (Lipinski definition) is 6. The van der Waals surface area contributed by atoms with Crippen LogP contribution in [-0.4, -0.2) is 42.1 Å². The maximum absolute atomic E-state index is 11.9. The minimum atomic E-state index is -1.45. The lowest BCUT2D eigenvalue weighted by Gasteiger charge is -2.15. The third kappa shape index (κ3) is 5.60. The van der Waals surface area contributed by atoms with Gasteiger partial charge in [-0.1, -0.05) is 0 Å². The number of nitrogens with one attached hydrogen (secondary N) is 1. The topological polar surface area (TPSA) is 94.6 Å². The highest BCUT2D eigenvalue weighted by molar-refractivity contribution is 6.02. The van der Waals surface area contributed by atoms with Crippen molar-refractivity contribution in [2.75, 3.05) is 13.2 Å². The number of carbonyl (C=O) groups excluding carboxylic acids is 3. The third-order valence-electron chi connectivity index (χ3n) is 2.46. The largest absolute Gasteiger partial charge is 0.464 e. The number of amides is 1. The van der Waals surface area contributed by atoms with E-state index < -0.39 is 23.9 Å². The second kappa shape index (κ2) is 8.68. The van der Waals surface area contributed by atoms with E-state index in [1.807, 2.05) is 0 Å². The molecule has 0 aliphatic carbocycles. The van der Waals surface area contributed by atoms with Gasteiger partial charge in [0, 0.05) is 12.4 Å². The van der Waals surface area contributed by atoms with E-state index in [1.54, 1.807) is 38.4 Å². The predicted molar refractivity (Wildman–Crippen MR) is 73.1 cm³/mol. The van der Waals surface area contributed by atoms with Gasteiger partial charge in [-0.3, -0.25) is 9.78 Å². The van der Waals surface area contributed by atoms with Gasteiger partial charge in [0.05, 0.1) is 19.6 Å². The molecule has 1 heterocycles. The Balaban J connectivity index is 2.69. The second-order valence-electron chi connectivity index (χ2n) is 4.04. The molecule has 1 N–H and O–H groups in total. The minimum absolute atomic E-state index is 0.0256. The standard InChI is InChI=1S/C14H18N2O5/c1-3-20-13(18)12(14(19)21-4-2)16-11(17)9-10-5-7-15-8-6-10/h5-8,12H,3-4,9H2,1-2H3,(H,16,17). The van der Waals surface area contributed by atoms with Crippen LogP contribution in [0.4, 0.5) is 0 Å². The fourth-order valence-corrected chi connectivity index (χ4v) is 1.56. The zero-order valence-corrected chi connectivity index (χ0v) is 12.0. The average Bonchev–Trinajstić information content (AvgIpc) is 2.46. The van der Waals surface area contributed by atoms with E-state index >= 15 is 0 Å². The van der Waals surface area contributed by atoms with E-state index in [1.165, 1.54) is 0 Å². The molecule has 0 fully saturated rings. The molecule has 7 heteroatoms. The summed E-state index contributed by atoms with van der Waals surface area (Å²) >= 11 is 0. The summed E-state index contributed by atoms with van der Waals surface area (Å²) in [4.78, 5) is 39.1. The normalized spacial score (nSPS) is 10.0. The summed E-state index contributed by atoms with van der Waals surface area (Å²) in [6, 6.07) is 1.89. The van der Waals surface area contributed by atoms with Crippen molar-refractivity contribution in [3.8, 4) is 0 Å². The van der Waals surface area contributed by atoms with Crippen molar-refractivity contribution >= 4 is 17.8 Å². The molecule has 1 rings (SSSR count). The molecule has 0 aromatic carbocycles. The van der Waals surface area contributed by atoms with E-state index in [2.05, 4.69) is 10.3 Å². The summed E-state index contributed by atoms with van der Waals surface area (Å²) in [6.07, 6.45) is 3.13. The van der Waals surface area contributed by atoms with Crippen LogP contribution in [-0.2, 0) is 30.3 Å². The van der Waals surface area contributed by atoms with Crippen LogP contribution in [0.25, 0.3) is 0 Å². The zero-order valence-electron chi connectivity index (χ0n) is 12.0. The predicted octanol–water partition coefficient (Wildman–Crippen LogP) is 0.235. The van der Waals surface area contributed by atoms with Gasteiger partial charge < -0.3 is 14.8 Å². The van der Waals surface area contributed by atoms with Gasteiger partial charge in [0.1, 0.15) is 0 Å². The summed E-state index contributed by atoms with van der Waals surface area (Å²) in [5, 5.41) is 2.33. The first-order chi connectivity index (χ1) is 10.1. The first kappa shape index (κ1) is 16.6. The van der Waals surface area contributed by atoms with Crippen LogP contribution in [0, 0.1) is 0 Å². The fraction of sp³-hybridized carbons (Fsp3) is 0.429. The number of hydrogen-bond donors (Lipinski definition) is 1. The van der Waals surface area contributed by atoms with Crippen molar-refractivity contribution in [3.05, 3.63) is 30.1 Å². The number of esters is 2. The molecule has 0 spiro atoms. The molecule has 7 nitrogen and oxygen atoms in total. The molecule has 0 bridgehead atoms. The van der Waals surface area contributed by atoms with Gasteiger partial charge >= 0.3 is 11.9 Å². The van der Waals surface area contributed by atoms with Crippen LogP contribution in [0.3, 0.4) is 0 Å². The fourth-order valence-electron chi connectivity index (χ4n) is 1.56. The van der Waals surface area contributed by atoms with Crippen molar-refractivity contribution in [3.63, 3.8) is 0 Å². The van der Waals surface area contributed by atoms with Crippen LogP contribution >= 0.6 is 0 Å². The van der Waals surface area contributed by atoms with Gasteiger partial charge in [-0.2, -0.15) is 0 Å². The molecule has 1 amide bonds. The summed E-state index contributed by atoms with van der Waals surface area (Å²) < 4.78 is 9.52. The van der Waals surface area contributed by atoms with E-state index in [4.69, 9.17) is 9.47 Å². The Kier molecular flexibility index (Phi) is 6.86. The molecule has 21 heavy (non-hydrogen) atoms. The third-order valence-corrected chi connectivity index (χ3v) is 2.46. The lowest BCUT2D eigenvalue weighted by atomic mass is 10.2. The Morgan fingerprint density at radius 3 is 2.10 bits per heavy atom. The van der Waals surface area contributed by atoms with E-state index in [0.29, 0.717) is 5.56 Å². The van der Waals surface area contributed by atoms with Gasteiger partial charge in [0.25, 0.3) is 0 Å². The molecule has 0 aliphatic heterocycles. The SMILES string of the molecule is CCOC(=O)C(NC(=O)Cc1ccncc1)C(=O)OCC. The summed E-state index contributed by atoms with van der Waals surface area (Å²) in [6.45, 7) is 3.43. The molecule has 0 saturated carbocycles. The molecule has 0 radical (unpaired) electrons. The second-order valence-corrected chi connectivity index (χ2v) is 4.04. The van der Waals surface area contributed by atoms with Crippen molar-refractivity contribution in [1.29, 1.82) is 0 Å². The number of nitrogens with zero attached hydrogens (tertiary/aromatic N) is 1. The number of pyridine rings is 1. The van der Waals surface area contributed by atoms with Crippen molar-refractivity contribution < 1.29 is 23.9 Å². The van der Waals surface area contributed by atoms with Gasteiger partial charge in [-0.15, -0.1) is 0 Å². The highest BCUT2D eigenvalue weighted by atomic mass is 16.6. The van der Waals surface area contributed by atoms with Crippen LogP contribution in [0.5, 0.6) is 0 Å². The number of rotatable bonds is 7. The van der Waals surface area contributed by atoms with Crippen LogP contribution in [0.1, 0.15) is 19.4 Å². The maximum Gasteiger partial charge on any atom is 0.340 e. The lowest BCUT2D eigenvalue weighted by molar-refractivity contribution is -0.159. The van der Waals surface area contributed by atoms with E-state index in [9.17, 15) is 14.4 Å². The van der Waals surface area contributed by atoms with Gasteiger partial charge in [-0.05, 0) is 31.5 Å². The number of aromatic nitrogens is 1. The van der Waals surface area contributed by atoms with E-state index in [0.717, 1.165) is 0 Å². The Morgan fingerprint density at radius 1 is 1.10 bits per heavy atom.